The fraction of sp³-hybridized carbons (Fsp3) is 0.533. The molecule has 7 heteroatoms. The summed E-state index contributed by atoms with van der Waals surface area (Å²) in [4.78, 5) is 12.0. The first kappa shape index (κ1) is 18.4. The van der Waals surface area contributed by atoms with Gasteiger partial charge in [0, 0.05) is 13.1 Å². The van der Waals surface area contributed by atoms with E-state index in [1.54, 1.807) is 13.0 Å². The van der Waals surface area contributed by atoms with Crippen LogP contribution in [-0.4, -0.2) is 45.4 Å². The van der Waals surface area contributed by atoms with Crippen molar-refractivity contribution in [3.63, 3.8) is 0 Å². The van der Waals surface area contributed by atoms with Crippen molar-refractivity contribution in [3.8, 4) is 5.75 Å². The highest BCUT2D eigenvalue weighted by Crippen LogP contribution is 2.23. The Bertz CT molecular complexity index is 628. The topological polar surface area (TPSA) is 75.7 Å². The van der Waals surface area contributed by atoms with Gasteiger partial charge in [0.25, 0.3) is 0 Å². The number of nitrogens with zero attached hydrogens (tertiary/aromatic N) is 1. The number of methoxy groups -OCH3 is 1. The third-order valence-electron chi connectivity index (χ3n) is 3.46. The summed E-state index contributed by atoms with van der Waals surface area (Å²) >= 11 is 0. The molecular formula is C15H24N2O4S. The molecule has 0 aromatic heterocycles. The van der Waals surface area contributed by atoms with E-state index in [4.69, 9.17) is 4.74 Å². The van der Waals surface area contributed by atoms with Gasteiger partial charge in [-0.15, -0.1) is 0 Å². The Morgan fingerprint density at radius 3 is 2.55 bits per heavy atom. The number of hydrogen-bond donors (Lipinski definition) is 1. The van der Waals surface area contributed by atoms with Crippen LogP contribution in [-0.2, 0) is 14.8 Å². The van der Waals surface area contributed by atoms with Gasteiger partial charge in [-0.1, -0.05) is 6.92 Å². The molecule has 0 spiro atoms. The van der Waals surface area contributed by atoms with Crippen LogP contribution in [0.15, 0.2) is 23.1 Å². The fourth-order valence-corrected chi connectivity index (χ4v) is 3.11. The van der Waals surface area contributed by atoms with Gasteiger partial charge in [-0.05, 0) is 44.0 Å². The number of carbonyl (C=O) groups excluding carboxylic acids is 1. The van der Waals surface area contributed by atoms with Crippen LogP contribution in [0.3, 0.4) is 0 Å². The van der Waals surface area contributed by atoms with E-state index >= 15 is 0 Å². The number of aryl methyl sites for hydroxylation is 1. The van der Waals surface area contributed by atoms with Gasteiger partial charge in [0.05, 0.1) is 18.6 Å². The van der Waals surface area contributed by atoms with Crippen molar-refractivity contribution in [1.82, 2.24) is 9.62 Å². The fourth-order valence-electron chi connectivity index (χ4n) is 1.90. The summed E-state index contributed by atoms with van der Waals surface area (Å²) < 4.78 is 31.1. The Labute approximate surface area is 132 Å². The van der Waals surface area contributed by atoms with Crippen molar-refractivity contribution in [2.75, 3.05) is 20.7 Å². The molecule has 6 nitrogen and oxygen atoms in total. The molecule has 1 rings (SSSR count). The molecule has 0 radical (unpaired) electrons. The number of rotatable bonds is 7. The molecule has 22 heavy (non-hydrogen) atoms. The lowest BCUT2D eigenvalue weighted by Gasteiger charge is -2.19. The van der Waals surface area contributed by atoms with Gasteiger partial charge in [-0.25, -0.2) is 8.42 Å². The second-order valence-corrected chi connectivity index (χ2v) is 7.31. The van der Waals surface area contributed by atoms with E-state index in [0.29, 0.717) is 5.75 Å². The average molecular weight is 328 g/mol. The summed E-state index contributed by atoms with van der Waals surface area (Å²) in [6, 6.07) is 4.64. The molecule has 0 aliphatic carbocycles. The standard InChI is InChI=1S/C15H24N2O4S/c1-6-12(3)16-15(18)10-17(4)22(19,20)13-7-8-14(21-5)11(2)9-13/h7-9,12H,6,10H2,1-5H3,(H,16,18)/t12-/m0/s1. The first-order valence-corrected chi connectivity index (χ1v) is 8.56. The smallest absolute Gasteiger partial charge is 0.243 e. The van der Waals surface area contributed by atoms with Crippen molar-refractivity contribution in [2.45, 2.75) is 38.1 Å². The number of ether oxygens (including phenoxy) is 1. The third kappa shape index (κ3) is 4.45. The second-order valence-electron chi connectivity index (χ2n) is 5.27. The molecule has 1 N–H and O–H groups in total. The van der Waals surface area contributed by atoms with E-state index in [9.17, 15) is 13.2 Å². The highest BCUT2D eigenvalue weighted by molar-refractivity contribution is 7.89. The van der Waals surface area contributed by atoms with Gasteiger partial charge < -0.3 is 10.1 Å². The van der Waals surface area contributed by atoms with Crippen LogP contribution in [0.4, 0.5) is 0 Å². The number of carbonyl (C=O) groups is 1. The summed E-state index contributed by atoms with van der Waals surface area (Å²) in [7, 11) is -0.784. The predicted octanol–water partition coefficient (Wildman–Crippen LogP) is 1.54. The summed E-state index contributed by atoms with van der Waals surface area (Å²) in [5.74, 6) is 0.307. The van der Waals surface area contributed by atoms with Crippen molar-refractivity contribution in [3.05, 3.63) is 23.8 Å². The summed E-state index contributed by atoms with van der Waals surface area (Å²) in [6.45, 7) is 5.38. The number of nitrogens with one attached hydrogen (secondary N) is 1. The maximum Gasteiger partial charge on any atom is 0.243 e. The van der Waals surface area contributed by atoms with Crippen molar-refractivity contribution in [2.24, 2.45) is 0 Å². The largest absolute Gasteiger partial charge is 0.496 e. The van der Waals surface area contributed by atoms with E-state index in [1.165, 1.54) is 26.3 Å². The van der Waals surface area contributed by atoms with Gasteiger partial charge in [0.15, 0.2) is 0 Å². The minimum Gasteiger partial charge on any atom is -0.496 e. The monoisotopic (exact) mass is 328 g/mol. The molecule has 124 valence electrons. The van der Waals surface area contributed by atoms with Crippen molar-refractivity contribution >= 4 is 15.9 Å². The van der Waals surface area contributed by atoms with Crippen molar-refractivity contribution < 1.29 is 17.9 Å². The molecule has 0 saturated carbocycles. The maximum absolute atomic E-state index is 12.5. The second kappa shape index (κ2) is 7.60. The van der Waals surface area contributed by atoms with Gasteiger partial charge in [0.2, 0.25) is 15.9 Å². The molecule has 0 aliphatic heterocycles. The summed E-state index contributed by atoms with van der Waals surface area (Å²) in [6.07, 6.45) is 0.792. The number of benzene rings is 1. The molecule has 0 unspecified atom stereocenters. The highest BCUT2D eigenvalue weighted by Gasteiger charge is 2.23. The lowest BCUT2D eigenvalue weighted by Crippen LogP contribution is -2.41. The Balaban J connectivity index is 2.89. The normalized spacial score (nSPS) is 13.0. The van der Waals surface area contributed by atoms with E-state index in [1.807, 2.05) is 13.8 Å². The quantitative estimate of drug-likeness (QED) is 0.824. The Kier molecular flexibility index (Phi) is 6.37. The number of likely N-dealkylation sites (N-methyl/N-ethyl adjacent to an activating group) is 1. The van der Waals surface area contributed by atoms with Crippen LogP contribution >= 0.6 is 0 Å². The third-order valence-corrected chi connectivity index (χ3v) is 5.26. The van der Waals surface area contributed by atoms with Gasteiger partial charge in [-0.2, -0.15) is 4.31 Å². The van der Waals surface area contributed by atoms with Gasteiger partial charge in [-0.3, -0.25) is 4.79 Å². The molecule has 1 aromatic carbocycles. The van der Waals surface area contributed by atoms with Crippen LogP contribution < -0.4 is 10.1 Å². The average Bonchev–Trinajstić information content (AvgIpc) is 2.46. The molecule has 1 amide bonds. The van der Waals surface area contributed by atoms with Crippen LogP contribution in [0.1, 0.15) is 25.8 Å². The molecule has 1 atom stereocenters. The maximum atomic E-state index is 12.5. The Morgan fingerprint density at radius 1 is 1.41 bits per heavy atom. The number of hydrogen-bond acceptors (Lipinski definition) is 4. The molecule has 1 aromatic rings. The van der Waals surface area contributed by atoms with E-state index in [2.05, 4.69) is 5.32 Å². The van der Waals surface area contributed by atoms with Gasteiger partial charge in [0.1, 0.15) is 5.75 Å². The zero-order valence-corrected chi connectivity index (χ0v) is 14.5. The van der Waals surface area contributed by atoms with Crippen LogP contribution in [0.5, 0.6) is 5.75 Å². The summed E-state index contributed by atoms with van der Waals surface area (Å²) in [5, 5.41) is 2.75. The molecular weight excluding hydrogens is 304 g/mol. The minimum atomic E-state index is -3.71. The zero-order chi connectivity index (χ0) is 16.9. The van der Waals surface area contributed by atoms with Crippen molar-refractivity contribution in [1.29, 1.82) is 0 Å². The van der Waals surface area contributed by atoms with Crippen LogP contribution in [0, 0.1) is 6.92 Å². The van der Waals surface area contributed by atoms with E-state index in [0.717, 1.165) is 16.3 Å². The van der Waals surface area contributed by atoms with E-state index in [-0.39, 0.29) is 23.4 Å². The molecule has 0 fully saturated rings. The predicted molar refractivity (Wildman–Crippen MR) is 85.4 cm³/mol. The van der Waals surface area contributed by atoms with Crippen LogP contribution in [0.25, 0.3) is 0 Å². The molecule has 0 aliphatic rings. The van der Waals surface area contributed by atoms with Gasteiger partial charge >= 0.3 is 0 Å². The summed E-state index contributed by atoms with van der Waals surface area (Å²) in [5.41, 5.74) is 0.723. The molecule has 0 saturated heterocycles. The lowest BCUT2D eigenvalue weighted by molar-refractivity contribution is -0.121. The molecule has 0 bridgehead atoms. The Hall–Kier alpha value is -1.60. The first-order chi connectivity index (χ1) is 10.2. The highest BCUT2D eigenvalue weighted by atomic mass is 32.2. The van der Waals surface area contributed by atoms with Crippen LogP contribution in [0.2, 0.25) is 0 Å². The van der Waals surface area contributed by atoms with E-state index < -0.39 is 10.0 Å². The number of amides is 1. The molecule has 0 heterocycles. The lowest BCUT2D eigenvalue weighted by atomic mass is 10.2. The minimum absolute atomic E-state index is 0.0202. The first-order valence-electron chi connectivity index (χ1n) is 7.12. The number of sulfonamides is 1. The Morgan fingerprint density at radius 2 is 2.05 bits per heavy atom. The SMILES string of the molecule is CC[C@H](C)NC(=O)CN(C)S(=O)(=O)c1ccc(OC)c(C)c1. The zero-order valence-electron chi connectivity index (χ0n) is 13.7.